The molecular formula is C16H19NO3. The van der Waals surface area contributed by atoms with Gasteiger partial charge in [0, 0.05) is 12.1 Å². The fourth-order valence-electron chi connectivity index (χ4n) is 1.89. The van der Waals surface area contributed by atoms with E-state index in [0.29, 0.717) is 6.61 Å². The summed E-state index contributed by atoms with van der Waals surface area (Å²) in [6, 6.07) is 13.3. The molecule has 0 saturated carbocycles. The van der Waals surface area contributed by atoms with E-state index < -0.39 is 0 Å². The number of hydrogen-bond donors (Lipinski definition) is 1. The van der Waals surface area contributed by atoms with Crippen LogP contribution in [0.15, 0.2) is 42.5 Å². The Labute approximate surface area is 119 Å². The van der Waals surface area contributed by atoms with Crippen LogP contribution in [0.3, 0.4) is 0 Å². The highest BCUT2D eigenvalue weighted by Gasteiger charge is 2.04. The van der Waals surface area contributed by atoms with Gasteiger partial charge in [0.1, 0.15) is 5.75 Å². The minimum Gasteiger partial charge on any atom is -0.493 e. The van der Waals surface area contributed by atoms with Crippen molar-refractivity contribution in [2.45, 2.75) is 6.42 Å². The molecule has 0 atom stereocenters. The fourth-order valence-corrected chi connectivity index (χ4v) is 1.89. The van der Waals surface area contributed by atoms with E-state index in [9.17, 15) is 0 Å². The van der Waals surface area contributed by atoms with Crippen LogP contribution >= 0.6 is 0 Å². The zero-order chi connectivity index (χ0) is 14.4. The summed E-state index contributed by atoms with van der Waals surface area (Å²) in [6.45, 7) is 0.597. The molecule has 2 aromatic rings. The van der Waals surface area contributed by atoms with Crippen molar-refractivity contribution < 1.29 is 14.2 Å². The zero-order valence-electron chi connectivity index (χ0n) is 11.8. The Morgan fingerprint density at radius 3 is 2.25 bits per heavy atom. The molecule has 0 aromatic heterocycles. The lowest BCUT2D eigenvalue weighted by Crippen LogP contribution is -2.02. The maximum absolute atomic E-state index is 5.67. The maximum Gasteiger partial charge on any atom is 0.160 e. The molecule has 0 bridgehead atoms. The normalized spacial score (nSPS) is 10.1. The average molecular weight is 273 g/mol. The van der Waals surface area contributed by atoms with Crippen molar-refractivity contribution in [1.29, 1.82) is 0 Å². The van der Waals surface area contributed by atoms with Crippen LogP contribution in [0, 0.1) is 0 Å². The minimum absolute atomic E-state index is 0.597. The van der Waals surface area contributed by atoms with Crippen LogP contribution in [-0.2, 0) is 6.42 Å². The predicted molar refractivity (Wildman–Crippen MR) is 79.6 cm³/mol. The molecule has 0 unspecified atom stereocenters. The van der Waals surface area contributed by atoms with Crippen molar-refractivity contribution in [1.82, 2.24) is 0 Å². The van der Waals surface area contributed by atoms with Crippen molar-refractivity contribution in [3.63, 3.8) is 0 Å². The first-order chi connectivity index (χ1) is 9.72. The molecule has 20 heavy (non-hydrogen) atoms. The number of rotatable bonds is 6. The average Bonchev–Trinajstić information content (AvgIpc) is 2.49. The lowest BCUT2D eigenvalue weighted by molar-refractivity contribution is 0.321. The highest BCUT2D eigenvalue weighted by molar-refractivity contribution is 5.43. The van der Waals surface area contributed by atoms with E-state index in [1.807, 2.05) is 42.5 Å². The molecule has 2 aromatic carbocycles. The molecule has 0 fully saturated rings. The quantitative estimate of drug-likeness (QED) is 0.822. The Morgan fingerprint density at radius 1 is 0.900 bits per heavy atom. The van der Waals surface area contributed by atoms with E-state index in [0.717, 1.165) is 34.9 Å². The van der Waals surface area contributed by atoms with Gasteiger partial charge in [-0.25, -0.2) is 0 Å². The number of hydrogen-bond acceptors (Lipinski definition) is 4. The smallest absolute Gasteiger partial charge is 0.160 e. The van der Waals surface area contributed by atoms with Crippen LogP contribution < -0.4 is 19.9 Å². The second kappa shape index (κ2) is 6.70. The summed E-state index contributed by atoms with van der Waals surface area (Å²) in [5.74, 6) is 2.29. The maximum atomic E-state index is 5.67. The van der Waals surface area contributed by atoms with E-state index >= 15 is 0 Å². The summed E-state index contributed by atoms with van der Waals surface area (Å²) < 4.78 is 16.2. The van der Waals surface area contributed by atoms with Crippen LogP contribution in [0.2, 0.25) is 0 Å². The van der Waals surface area contributed by atoms with Gasteiger partial charge >= 0.3 is 0 Å². The lowest BCUT2D eigenvalue weighted by atomic mass is 10.1. The molecule has 0 heterocycles. The van der Waals surface area contributed by atoms with Gasteiger partial charge in [0.2, 0.25) is 0 Å². The first kappa shape index (κ1) is 14.1. The van der Waals surface area contributed by atoms with E-state index in [4.69, 9.17) is 19.9 Å². The predicted octanol–water partition coefficient (Wildman–Crippen LogP) is 2.91. The molecule has 0 radical (unpaired) electrons. The van der Waals surface area contributed by atoms with Gasteiger partial charge in [-0.2, -0.15) is 0 Å². The Morgan fingerprint density at radius 2 is 1.60 bits per heavy atom. The molecule has 0 amide bonds. The largest absolute Gasteiger partial charge is 0.493 e. The molecule has 4 heteroatoms. The Balaban J connectivity index is 1.92. The van der Waals surface area contributed by atoms with Crippen LogP contribution in [0.1, 0.15) is 5.56 Å². The third-order valence-electron chi connectivity index (χ3n) is 2.99. The van der Waals surface area contributed by atoms with Gasteiger partial charge in [0.15, 0.2) is 11.5 Å². The van der Waals surface area contributed by atoms with Crippen LogP contribution in [0.5, 0.6) is 17.2 Å². The van der Waals surface area contributed by atoms with Gasteiger partial charge in [0.05, 0.1) is 20.8 Å². The van der Waals surface area contributed by atoms with Crippen molar-refractivity contribution in [2.75, 3.05) is 26.6 Å². The lowest BCUT2D eigenvalue weighted by Gasteiger charge is -2.10. The van der Waals surface area contributed by atoms with Gasteiger partial charge in [-0.3, -0.25) is 0 Å². The van der Waals surface area contributed by atoms with Crippen molar-refractivity contribution in [3.05, 3.63) is 48.0 Å². The van der Waals surface area contributed by atoms with Gasteiger partial charge in [0.25, 0.3) is 0 Å². The van der Waals surface area contributed by atoms with Gasteiger partial charge in [-0.05, 0) is 42.0 Å². The molecule has 0 aliphatic rings. The molecule has 2 rings (SSSR count). The summed E-state index contributed by atoms with van der Waals surface area (Å²) in [5, 5.41) is 0. The molecule has 0 aliphatic heterocycles. The van der Waals surface area contributed by atoms with E-state index in [1.165, 1.54) is 0 Å². The fraction of sp³-hybridized carbons (Fsp3) is 0.250. The Bertz CT molecular complexity index is 552. The Kier molecular flexibility index (Phi) is 4.71. The minimum atomic E-state index is 0.597. The number of nitrogen functional groups attached to an aromatic ring is 1. The van der Waals surface area contributed by atoms with Crippen molar-refractivity contribution in [3.8, 4) is 17.2 Å². The van der Waals surface area contributed by atoms with Crippen LogP contribution in [0.25, 0.3) is 0 Å². The van der Waals surface area contributed by atoms with Crippen molar-refractivity contribution >= 4 is 5.69 Å². The summed E-state index contributed by atoms with van der Waals surface area (Å²) >= 11 is 0. The highest BCUT2D eigenvalue weighted by Crippen LogP contribution is 2.27. The monoisotopic (exact) mass is 273 g/mol. The summed E-state index contributed by atoms with van der Waals surface area (Å²) in [5.41, 5.74) is 7.50. The number of methoxy groups -OCH3 is 2. The van der Waals surface area contributed by atoms with E-state index in [-0.39, 0.29) is 0 Å². The number of ether oxygens (including phenoxy) is 3. The molecule has 0 aliphatic carbocycles. The topological polar surface area (TPSA) is 53.7 Å². The van der Waals surface area contributed by atoms with Gasteiger partial charge in [-0.15, -0.1) is 0 Å². The molecule has 2 N–H and O–H groups in total. The molecule has 0 spiro atoms. The van der Waals surface area contributed by atoms with Gasteiger partial charge in [-0.1, -0.05) is 6.07 Å². The third-order valence-corrected chi connectivity index (χ3v) is 2.99. The second-order valence-electron chi connectivity index (χ2n) is 4.36. The van der Waals surface area contributed by atoms with Gasteiger partial charge < -0.3 is 19.9 Å². The summed E-state index contributed by atoms with van der Waals surface area (Å²) in [6.07, 6.45) is 0.796. The summed E-state index contributed by atoms with van der Waals surface area (Å²) in [7, 11) is 3.26. The van der Waals surface area contributed by atoms with E-state index in [1.54, 1.807) is 14.2 Å². The third kappa shape index (κ3) is 3.57. The standard InChI is InChI=1S/C16H19NO3/c1-18-15-8-3-12(11-16(15)19-2)9-10-20-14-6-4-13(17)5-7-14/h3-8,11H,9-10,17H2,1-2H3. The number of benzene rings is 2. The summed E-state index contributed by atoms with van der Waals surface area (Å²) in [4.78, 5) is 0. The second-order valence-corrected chi connectivity index (χ2v) is 4.36. The number of anilines is 1. The van der Waals surface area contributed by atoms with E-state index in [2.05, 4.69) is 0 Å². The SMILES string of the molecule is COc1ccc(CCOc2ccc(N)cc2)cc1OC. The first-order valence-corrected chi connectivity index (χ1v) is 6.42. The zero-order valence-corrected chi connectivity index (χ0v) is 11.8. The molecule has 0 saturated heterocycles. The van der Waals surface area contributed by atoms with Crippen LogP contribution in [-0.4, -0.2) is 20.8 Å². The first-order valence-electron chi connectivity index (χ1n) is 6.42. The molecular weight excluding hydrogens is 254 g/mol. The number of nitrogens with two attached hydrogens (primary N) is 1. The highest BCUT2D eigenvalue weighted by atomic mass is 16.5. The van der Waals surface area contributed by atoms with Crippen molar-refractivity contribution in [2.24, 2.45) is 0 Å². The Hall–Kier alpha value is -2.36. The molecule has 106 valence electrons. The molecule has 4 nitrogen and oxygen atoms in total. The van der Waals surface area contributed by atoms with Crippen LogP contribution in [0.4, 0.5) is 5.69 Å².